The summed E-state index contributed by atoms with van der Waals surface area (Å²) < 4.78 is 0. The number of halogens is 1. The summed E-state index contributed by atoms with van der Waals surface area (Å²) in [7, 11) is 1.62. The van der Waals surface area contributed by atoms with Gasteiger partial charge in [-0.25, -0.2) is 0 Å². The van der Waals surface area contributed by atoms with Gasteiger partial charge in [-0.3, -0.25) is 14.9 Å². The summed E-state index contributed by atoms with van der Waals surface area (Å²) in [6.45, 7) is 0.415. The van der Waals surface area contributed by atoms with E-state index in [4.69, 9.17) is 17.3 Å². The van der Waals surface area contributed by atoms with Gasteiger partial charge in [0.05, 0.1) is 9.95 Å². The first-order valence-electron chi connectivity index (χ1n) is 5.90. The van der Waals surface area contributed by atoms with Gasteiger partial charge in [0.1, 0.15) is 5.69 Å². The van der Waals surface area contributed by atoms with Crippen LogP contribution < -0.4 is 5.73 Å². The molecular weight excluding hydrogens is 314 g/mol. The van der Waals surface area contributed by atoms with Crippen molar-refractivity contribution in [1.82, 2.24) is 4.90 Å². The highest BCUT2D eigenvalue weighted by Crippen LogP contribution is 2.31. The summed E-state index contributed by atoms with van der Waals surface area (Å²) >= 11 is 7.39. The third kappa shape index (κ3) is 3.32. The Balaban J connectivity index is 2.28. The van der Waals surface area contributed by atoms with Crippen LogP contribution in [0, 0.1) is 10.1 Å². The molecule has 0 unspecified atom stereocenters. The van der Waals surface area contributed by atoms with Gasteiger partial charge in [-0.15, -0.1) is 0 Å². The Morgan fingerprint density at radius 3 is 2.81 bits per heavy atom. The molecule has 1 aromatic carbocycles. The van der Waals surface area contributed by atoms with E-state index in [1.807, 2.05) is 16.8 Å². The van der Waals surface area contributed by atoms with Gasteiger partial charge >= 0.3 is 0 Å². The first-order valence-corrected chi connectivity index (χ1v) is 7.22. The van der Waals surface area contributed by atoms with Crippen LogP contribution in [-0.4, -0.2) is 22.8 Å². The third-order valence-electron chi connectivity index (χ3n) is 2.90. The van der Waals surface area contributed by atoms with Crippen molar-refractivity contribution in [3.63, 3.8) is 0 Å². The Labute approximate surface area is 129 Å². The SMILES string of the molecule is CN(Cc1ccsc1)C(=O)c1cc(Cl)c(N)c([N+](=O)[O-])c1. The van der Waals surface area contributed by atoms with Gasteiger partial charge in [0.25, 0.3) is 11.6 Å². The monoisotopic (exact) mass is 325 g/mol. The molecule has 2 aromatic rings. The molecule has 0 aliphatic carbocycles. The maximum absolute atomic E-state index is 12.3. The lowest BCUT2D eigenvalue weighted by Gasteiger charge is -2.17. The molecule has 0 aliphatic rings. The smallest absolute Gasteiger partial charge is 0.294 e. The second-order valence-corrected chi connectivity index (χ2v) is 5.63. The van der Waals surface area contributed by atoms with Crippen LogP contribution in [0.3, 0.4) is 0 Å². The van der Waals surface area contributed by atoms with Crippen molar-refractivity contribution in [3.8, 4) is 0 Å². The normalized spacial score (nSPS) is 10.4. The van der Waals surface area contributed by atoms with Crippen LogP contribution in [0.4, 0.5) is 11.4 Å². The van der Waals surface area contributed by atoms with Gasteiger partial charge in [-0.1, -0.05) is 11.6 Å². The molecule has 0 atom stereocenters. The Morgan fingerprint density at radius 1 is 1.52 bits per heavy atom. The van der Waals surface area contributed by atoms with E-state index in [0.717, 1.165) is 11.6 Å². The number of nitro groups is 1. The molecule has 2 rings (SSSR count). The lowest BCUT2D eigenvalue weighted by molar-refractivity contribution is -0.383. The second kappa shape index (κ2) is 6.11. The lowest BCUT2D eigenvalue weighted by Crippen LogP contribution is -2.26. The molecule has 1 aromatic heterocycles. The van der Waals surface area contributed by atoms with E-state index >= 15 is 0 Å². The zero-order valence-electron chi connectivity index (χ0n) is 11.1. The van der Waals surface area contributed by atoms with E-state index in [0.29, 0.717) is 6.54 Å². The molecule has 1 heterocycles. The molecule has 0 saturated heterocycles. The number of thiophene rings is 1. The summed E-state index contributed by atoms with van der Waals surface area (Å²) in [5.41, 5.74) is 6.17. The zero-order chi connectivity index (χ0) is 15.6. The first kappa shape index (κ1) is 15.3. The lowest BCUT2D eigenvalue weighted by atomic mass is 10.1. The number of anilines is 1. The number of benzene rings is 1. The van der Waals surface area contributed by atoms with Gasteiger partial charge in [0.15, 0.2) is 0 Å². The van der Waals surface area contributed by atoms with Gasteiger partial charge in [0, 0.05) is 25.2 Å². The molecule has 0 radical (unpaired) electrons. The molecule has 1 amide bonds. The number of carbonyl (C=O) groups excluding carboxylic acids is 1. The highest BCUT2D eigenvalue weighted by molar-refractivity contribution is 7.07. The van der Waals surface area contributed by atoms with E-state index in [1.165, 1.54) is 22.3 Å². The topological polar surface area (TPSA) is 89.5 Å². The number of nitrogens with zero attached hydrogens (tertiary/aromatic N) is 2. The molecule has 0 fully saturated rings. The average molecular weight is 326 g/mol. The van der Waals surface area contributed by atoms with Crippen molar-refractivity contribution < 1.29 is 9.72 Å². The van der Waals surface area contributed by atoms with Crippen molar-refractivity contribution in [1.29, 1.82) is 0 Å². The Bertz CT molecular complexity index is 688. The van der Waals surface area contributed by atoms with Crippen molar-refractivity contribution in [2.45, 2.75) is 6.54 Å². The maximum Gasteiger partial charge on any atom is 0.294 e. The summed E-state index contributed by atoms with van der Waals surface area (Å²) in [5, 5.41) is 14.8. The Hall–Kier alpha value is -2.12. The fraction of sp³-hybridized carbons (Fsp3) is 0.154. The van der Waals surface area contributed by atoms with Crippen LogP contribution >= 0.6 is 22.9 Å². The van der Waals surface area contributed by atoms with Gasteiger partial charge in [-0.2, -0.15) is 11.3 Å². The number of hydrogen-bond donors (Lipinski definition) is 1. The standard InChI is InChI=1S/C13H12ClN3O3S/c1-16(6-8-2-3-21-7-8)13(18)9-4-10(14)12(15)11(5-9)17(19)20/h2-5,7H,6,15H2,1H3. The van der Waals surface area contributed by atoms with Crippen molar-refractivity contribution in [2.75, 3.05) is 12.8 Å². The molecule has 0 spiro atoms. The molecule has 110 valence electrons. The van der Waals surface area contributed by atoms with Crippen LogP contribution in [0.5, 0.6) is 0 Å². The minimum Gasteiger partial charge on any atom is -0.392 e. The van der Waals surface area contributed by atoms with Crippen LogP contribution in [0.15, 0.2) is 29.0 Å². The predicted octanol–water partition coefficient (Wildman–Crippen LogP) is 3.16. The van der Waals surface area contributed by atoms with E-state index in [-0.39, 0.29) is 27.9 Å². The number of nitro benzene ring substituents is 1. The van der Waals surface area contributed by atoms with E-state index in [1.54, 1.807) is 7.05 Å². The molecule has 0 bridgehead atoms. The first-order chi connectivity index (χ1) is 9.90. The maximum atomic E-state index is 12.3. The minimum atomic E-state index is -0.656. The molecule has 8 heteroatoms. The van der Waals surface area contributed by atoms with Crippen LogP contribution in [0.2, 0.25) is 5.02 Å². The number of carbonyl (C=O) groups is 1. The highest BCUT2D eigenvalue weighted by Gasteiger charge is 2.21. The number of hydrogen-bond acceptors (Lipinski definition) is 5. The minimum absolute atomic E-state index is 0.00326. The number of rotatable bonds is 4. The van der Waals surface area contributed by atoms with Crippen molar-refractivity contribution >= 4 is 40.2 Å². The van der Waals surface area contributed by atoms with E-state index < -0.39 is 4.92 Å². The average Bonchev–Trinajstić information content (AvgIpc) is 2.93. The summed E-state index contributed by atoms with van der Waals surface area (Å²) in [6, 6.07) is 4.40. The largest absolute Gasteiger partial charge is 0.392 e. The number of amides is 1. The van der Waals surface area contributed by atoms with Gasteiger partial charge < -0.3 is 10.6 Å². The van der Waals surface area contributed by atoms with E-state index in [9.17, 15) is 14.9 Å². The summed E-state index contributed by atoms with van der Waals surface area (Å²) in [4.78, 5) is 24.0. The predicted molar refractivity (Wildman–Crippen MR) is 82.6 cm³/mol. The molecule has 0 aliphatic heterocycles. The fourth-order valence-corrected chi connectivity index (χ4v) is 2.70. The van der Waals surface area contributed by atoms with Crippen LogP contribution in [-0.2, 0) is 6.54 Å². The molecule has 21 heavy (non-hydrogen) atoms. The third-order valence-corrected chi connectivity index (χ3v) is 3.94. The zero-order valence-corrected chi connectivity index (χ0v) is 12.6. The Kier molecular flexibility index (Phi) is 4.44. The summed E-state index contributed by atoms with van der Waals surface area (Å²) in [5.74, 6) is -0.355. The highest BCUT2D eigenvalue weighted by atomic mass is 35.5. The molecular formula is C13H12ClN3O3S. The second-order valence-electron chi connectivity index (χ2n) is 4.44. The van der Waals surface area contributed by atoms with Gasteiger partial charge in [-0.05, 0) is 28.5 Å². The molecule has 0 saturated carbocycles. The number of nitrogen functional groups attached to an aromatic ring is 1. The van der Waals surface area contributed by atoms with Gasteiger partial charge in [0.2, 0.25) is 0 Å². The fourth-order valence-electron chi connectivity index (χ4n) is 1.83. The Morgan fingerprint density at radius 2 is 2.24 bits per heavy atom. The van der Waals surface area contributed by atoms with Crippen LogP contribution in [0.25, 0.3) is 0 Å². The van der Waals surface area contributed by atoms with Crippen molar-refractivity contribution in [3.05, 3.63) is 55.2 Å². The molecule has 6 nitrogen and oxygen atoms in total. The van der Waals surface area contributed by atoms with E-state index in [2.05, 4.69) is 0 Å². The quantitative estimate of drug-likeness (QED) is 0.531. The van der Waals surface area contributed by atoms with Crippen molar-refractivity contribution in [2.24, 2.45) is 0 Å². The number of nitrogens with two attached hydrogens (primary N) is 1. The van der Waals surface area contributed by atoms with Crippen LogP contribution in [0.1, 0.15) is 15.9 Å². The summed E-state index contributed by atoms with van der Waals surface area (Å²) in [6.07, 6.45) is 0. The molecule has 2 N–H and O–H groups in total.